The van der Waals surface area contributed by atoms with Gasteiger partial charge in [0, 0.05) is 6.54 Å². The number of benzene rings is 1. The van der Waals surface area contributed by atoms with Crippen molar-refractivity contribution in [1.29, 1.82) is 0 Å². The van der Waals surface area contributed by atoms with Crippen molar-refractivity contribution in [1.82, 2.24) is 4.90 Å². The smallest absolute Gasteiger partial charge is 0.246 e. The molecule has 1 unspecified atom stereocenters. The van der Waals surface area contributed by atoms with Gasteiger partial charge in [-0.2, -0.15) is 0 Å². The van der Waals surface area contributed by atoms with Crippen LogP contribution in [0.5, 0.6) is 5.75 Å². The van der Waals surface area contributed by atoms with E-state index in [2.05, 4.69) is 6.58 Å². The fourth-order valence-electron chi connectivity index (χ4n) is 2.00. The predicted octanol–water partition coefficient (Wildman–Crippen LogP) is 1.78. The normalized spacial score (nSPS) is 19.4. The van der Waals surface area contributed by atoms with Crippen LogP contribution >= 0.6 is 0 Å². The van der Waals surface area contributed by atoms with Gasteiger partial charge >= 0.3 is 0 Å². The molecular weight excluding hydrogens is 230 g/mol. The van der Waals surface area contributed by atoms with Crippen LogP contribution < -0.4 is 4.74 Å². The van der Waals surface area contributed by atoms with Gasteiger partial charge in [0.25, 0.3) is 0 Å². The zero-order chi connectivity index (χ0) is 13.0. The van der Waals surface area contributed by atoms with Crippen LogP contribution in [0.1, 0.15) is 11.7 Å². The van der Waals surface area contributed by atoms with Crippen LogP contribution in [0.15, 0.2) is 36.9 Å². The molecule has 0 spiro atoms. The van der Waals surface area contributed by atoms with E-state index in [0.717, 1.165) is 11.3 Å². The third kappa shape index (κ3) is 2.71. The maximum absolute atomic E-state index is 11.6. The Balaban J connectivity index is 2.07. The van der Waals surface area contributed by atoms with Gasteiger partial charge in [0.1, 0.15) is 11.9 Å². The van der Waals surface area contributed by atoms with Gasteiger partial charge in [-0.15, -0.1) is 0 Å². The third-order valence-electron chi connectivity index (χ3n) is 3.04. The summed E-state index contributed by atoms with van der Waals surface area (Å²) >= 11 is 0. The number of hydrogen-bond donors (Lipinski definition) is 0. The molecule has 1 atom stereocenters. The Morgan fingerprint density at radius 3 is 2.83 bits per heavy atom. The number of methoxy groups -OCH3 is 1. The molecule has 18 heavy (non-hydrogen) atoms. The largest absolute Gasteiger partial charge is 0.497 e. The molecule has 0 N–H and O–H groups in total. The molecule has 0 aliphatic carbocycles. The second-order valence-electron chi connectivity index (χ2n) is 4.12. The van der Waals surface area contributed by atoms with E-state index in [4.69, 9.17) is 9.47 Å². The predicted molar refractivity (Wildman–Crippen MR) is 68.5 cm³/mol. The molecule has 1 fully saturated rings. The Morgan fingerprint density at radius 1 is 1.50 bits per heavy atom. The molecule has 0 bridgehead atoms. The zero-order valence-corrected chi connectivity index (χ0v) is 10.5. The number of morpholine rings is 1. The Bertz CT molecular complexity index is 427. The standard InChI is InChI=1S/C14H17NO3/c1-3-14(16)15-8-9-18-13(10-15)11-4-6-12(17-2)7-5-11/h3-7,13H,1,8-10H2,2H3. The Labute approximate surface area is 107 Å². The fraction of sp³-hybridized carbons (Fsp3) is 0.357. The van der Waals surface area contributed by atoms with Gasteiger partial charge in [-0.3, -0.25) is 4.79 Å². The van der Waals surface area contributed by atoms with Crippen LogP contribution in [0.4, 0.5) is 0 Å². The molecular formula is C14H17NO3. The first-order valence-electron chi connectivity index (χ1n) is 5.91. The molecule has 1 heterocycles. The van der Waals surface area contributed by atoms with Crippen molar-refractivity contribution >= 4 is 5.91 Å². The molecule has 4 heteroatoms. The summed E-state index contributed by atoms with van der Waals surface area (Å²) in [6.45, 7) is 5.25. The lowest BCUT2D eigenvalue weighted by atomic mass is 10.1. The fourth-order valence-corrected chi connectivity index (χ4v) is 2.00. The minimum Gasteiger partial charge on any atom is -0.497 e. The minimum atomic E-state index is -0.0754. The van der Waals surface area contributed by atoms with Gasteiger partial charge < -0.3 is 14.4 Å². The van der Waals surface area contributed by atoms with E-state index in [1.165, 1.54) is 6.08 Å². The Hall–Kier alpha value is -1.81. The van der Waals surface area contributed by atoms with Gasteiger partial charge in [0.2, 0.25) is 5.91 Å². The number of nitrogens with zero attached hydrogens (tertiary/aromatic N) is 1. The number of amides is 1. The Kier molecular flexibility index (Phi) is 3.99. The summed E-state index contributed by atoms with van der Waals surface area (Å²) in [7, 11) is 1.64. The van der Waals surface area contributed by atoms with Crippen molar-refractivity contribution in [2.75, 3.05) is 26.8 Å². The highest BCUT2D eigenvalue weighted by atomic mass is 16.5. The number of hydrogen-bond acceptors (Lipinski definition) is 3. The van der Waals surface area contributed by atoms with Gasteiger partial charge in [-0.05, 0) is 23.8 Å². The number of carbonyl (C=O) groups is 1. The minimum absolute atomic E-state index is 0.0446. The maximum atomic E-state index is 11.6. The SMILES string of the molecule is C=CC(=O)N1CCOC(c2ccc(OC)cc2)C1. The molecule has 1 aromatic carbocycles. The highest BCUT2D eigenvalue weighted by molar-refractivity contribution is 5.87. The number of rotatable bonds is 3. The molecule has 1 amide bonds. The second kappa shape index (κ2) is 5.69. The lowest BCUT2D eigenvalue weighted by Gasteiger charge is -2.32. The van der Waals surface area contributed by atoms with Gasteiger partial charge in [0.15, 0.2) is 0 Å². The molecule has 1 aliphatic rings. The molecule has 0 radical (unpaired) electrons. The lowest BCUT2D eigenvalue weighted by Crippen LogP contribution is -2.41. The van der Waals surface area contributed by atoms with Crippen LogP contribution in [-0.2, 0) is 9.53 Å². The third-order valence-corrected chi connectivity index (χ3v) is 3.04. The molecule has 2 rings (SSSR count). The van der Waals surface area contributed by atoms with Crippen LogP contribution in [0.3, 0.4) is 0 Å². The highest BCUT2D eigenvalue weighted by Crippen LogP contribution is 2.24. The first-order valence-corrected chi connectivity index (χ1v) is 5.91. The molecule has 0 saturated carbocycles. The van der Waals surface area contributed by atoms with Crippen molar-refractivity contribution in [3.63, 3.8) is 0 Å². The maximum Gasteiger partial charge on any atom is 0.246 e. The van der Waals surface area contributed by atoms with Crippen LogP contribution in [0.25, 0.3) is 0 Å². The second-order valence-corrected chi connectivity index (χ2v) is 4.12. The van der Waals surface area contributed by atoms with E-state index in [1.54, 1.807) is 12.0 Å². The number of carbonyl (C=O) groups excluding carboxylic acids is 1. The molecule has 1 aliphatic heterocycles. The Morgan fingerprint density at radius 2 is 2.22 bits per heavy atom. The summed E-state index contributed by atoms with van der Waals surface area (Å²) in [5, 5.41) is 0. The van der Waals surface area contributed by atoms with Gasteiger partial charge in [-0.25, -0.2) is 0 Å². The summed E-state index contributed by atoms with van der Waals surface area (Å²) in [5.41, 5.74) is 1.05. The van der Waals surface area contributed by atoms with E-state index in [1.807, 2.05) is 24.3 Å². The first kappa shape index (κ1) is 12.6. The summed E-state index contributed by atoms with van der Waals surface area (Å²) < 4.78 is 10.8. The topological polar surface area (TPSA) is 38.8 Å². The summed E-state index contributed by atoms with van der Waals surface area (Å²) in [5.74, 6) is 0.769. The van der Waals surface area contributed by atoms with Crippen LogP contribution in [-0.4, -0.2) is 37.6 Å². The average molecular weight is 247 g/mol. The van der Waals surface area contributed by atoms with Crippen molar-refractivity contribution in [2.45, 2.75) is 6.10 Å². The van der Waals surface area contributed by atoms with E-state index >= 15 is 0 Å². The van der Waals surface area contributed by atoms with Crippen LogP contribution in [0.2, 0.25) is 0 Å². The monoisotopic (exact) mass is 247 g/mol. The van der Waals surface area contributed by atoms with Crippen molar-refractivity contribution < 1.29 is 14.3 Å². The summed E-state index contributed by atoms with van der Waals surface area (Å²) in [6.07, 6.45) is 1.27. The average Bonchev–Trinajstić information content (AvgIpc) is 2.46. The molecule has 0 aromatic heterocycles. The highest BCUT2D eigenvalue weighted by Gasteiger charge is 2.23. The van der Waals surface area contributed by atoms with E-state index in [0.29, 0.717) is 19.7 Å². The molecule has 1 aromatic rings. The van der Waals surface area contributed by atoms with Crippen LogP contribution in [0, 0.1) is 0 Å². The van der Waals surface area contributed by atoms with E-state index < -0.39 is 0 Å². The van der Waals surface area contributed by atoms with Crippen molar-refractivity contribution in [2.24, 2.45) is 0 Å². The molecule has 1 saturated heterocycles. The zero-order valence-electron chi connectivity index (χ0n) is 10.5. The van der Waals surface area contributed by atoms with Gasteiger partial charge in [0.05, 0.1) is 20.3 Å². The summed E-state index contributed by atoms with van der Waals surface area (Å²) in [6, 6.07) is 7.72. The molecule has 96 valence electrons. The van der Waals surface area contributed by atoms with Crippen molar-refractivity contribution in [3.05, 3.63) is 42.5 Å². The van der Waals surface area contributed by atoms with Gasteiger partial charge in [-0.1, -0.05) is 18.7 Å². The summed E-state index contributed by atoms with van der Waals surface area (Å²) in [4.78, 5) is 13.3. The quantitative estimate of drug-likeness (QED) is 0.764. The lowest BCUT2D eigenvalue weighted by molar-refractivity contribution is -0.133. The first-order chi connectivity index (χ1) is 8.74. The molecule has 4 nitrogen and oxygen atoms in total. The van der Waals surface area contributed by atoms with E-state index in [-0.39, 0.29) is 12.0 Å². The van der Waals surface area contributed by atoms with Crippen molar-refractivity contribution in [3.8, 4) is 5.75 Å². The van der Waals surface area contributed by atoms with E-state index in [9.17, 15) is 4.79 Å². The number of ether oxygens (including phenoxy) is 2.